The minimum Gasteiger partial charge on any atom is -0.495 e. The van der Waals surface area contributed by atoms with Crippen molar-refractivity contribution in [3.63, 3.8) is 0 Å². The molecule has 5 nitrogen and oxygen atoms in total. The monoisotopic (exact) mass is 291 g/mol. The molecule has 2 aliphatic rings. The second kappa shape index (κ2) is 4.88. The van der Waals surface area contributed by atoms with Crippen LogP contribution in [0.15, 0.2) is 12.3 Å². The third kappa shape index (κ3) is 2.74. The van der Waals surface area contributed by atoms with E-state index in [1.807, 2.05) is 33.8 Å². The van der Waals surface area contributed by atoms with Crippen molar-refractivity contribution in [2.45, 2.75) is 57.8 Å². The molecule has 0 amide bonds. The summed E-state index contributed by atoms with van der Waals surface area (Å²) in [6.45, 7) is 8.12. The molecule has 0 atom stereocenters. The fourth-order valence-electron chi connectivity index (χ4n) is 2.14. The first-order chi connectivity index (χ1) is 9.82. The SMILES string of the molecule is COc1cnc(OC2CC2)c(B2OC(C)(C)C(C)(C)O2)c1. The van der Waals surface area contributed by atoms with Crippen LogP contribution in [0.3, 0.4) is 0 Å². The summed E-state index contributed by atoms with van der Waals surface area (Å²) in [5, 5.41) is 0. The number of nitrogens with zero attached hydrogens (tertiary/aromatic N) is 1. The Labute approximate surface area is 126 Å². The van der Waals surface area contributed by atoms with E-state index in [1.165, 1.54) is 0 Å². The highest BCUT2D eigenvalue weighted by Gasteiger charge is 2.53. The molecule has 2 heterocycles. The van der Waals surface area contributed by atoms with Gasteiger partial charge in [-0.05, 0) is 46.6 Å². The number of hydrogen-bond donors (Lipinski definition) is 0. The highest BCUT2D eigenvalue weighted by molar-refractivity contribution is 6.63. The molecule has 0 radical (unpaired) electrons. The molecule has 3 rings (SSSR count). The maximum atomic E-state index is 6.09. The lowest BCUT2D eigenvalue weighted by Crippen LogP contribution is -2.41. The zero-order valence-corrected chi connectivity index (χ0v) is 13.3. The van der Waals surface area contributed by atoms with Gasteiger partial charge in [0.15, 0.2) is 0 Å². The van der Waals surface area contributed by atoms with Crippen LogP contribution in [0, 0.1) is 0 Å². The molecule has 6 heteroatoms. The number of methoxy groups -OCH3 is 1. The molecule has 0 N–H and O–H groups in total. The molecule has 21 heavy (non-hydrogen) atoms. The lowest BCUT2D eigenvalue weighted by atomic mass is 9.79. The van der Waals surface area contributed by atoms with Crippen LogP contribution in [-0.2, 0) is 9.31 Å². The molecule has 1 saturated heterocycles. The molecular formula is C15H22BNO4. The van der Waals surface area contributed by atoms with E-state index < -0.39 is 18.3 Å². The molecule has 1 aromatic rings. The Bertz CT molecular complexity index is 526. The highest BCUT2D eigenvalue weighted by atomic mass is 16.7. The lowest BCUT2D eigenvalue weighted by Gasteiger charge is -2.32. The van der Waals surface area contributed by atoms with Crippen LogP contribution in [-0.4, -0.2) is 36.5 Å². The van der Waals surface area contributed by atoms with E-state index in [-0.39, 0.29) is 6.10 Å². The van der Waals surface area contributed by atoms with Crippen molar-refractivity contribution in [3.8, 4) is 11.6 Å². The summed E-state index contributed by atoms with van der Waals surface area (Å²) in [6, 6.07) is 1.88. The summed E-state index contributed by atoms with van der Waals surface area (Å²) in [6.07, 6.45) is 4.09. The number of aromatic nitrogens is 1. The first kappa shape index (κ1) is 14.7. The summed E-state index contributed by atoms with van der Waals surface area (Å²) in [5.74, 6) is 1.25. The molecule has 114 valence electrons. The lowest BCUT2D eigenvalue weighted by molar-refractivity contribution is 0.00578. The predicted molar refractivity (Wildman–Crippen MR) is 80.2 cm³/mol. The second-order valence-electron chi connectivity index (χ2n) is 6.67. The van der Waals surface area contributed by atoms with E-state index in [1.54, 1.807) is 13.3 Å². The first-order valence-corrected chi connectivity index (χ1v) is 7.38. The van der Waals surface area contributed by atoms with Gasteiger partial charge in [0.25, 0.3) is 0 Å². The summed E-state index contributed by atoms with van der Waals surface area (Å²) in [7, 11) is 1.12. The molecule has 1 aliphatic carbocycles. The van der Waals surface area contributed by atoms with Gasteiger partial charge in [-0.1, -0.05) is 0 Å². The Hall–Kier alpha value is -1.27. The molecule has 1 aromatic heterocycles. The Kier molecular flexibility index (Phi) is 3.41. The highest BCUT2D eigenvalue weighted by Crippen LogP contribution is 2.37. The van der Waals surface area contributed by atoms with E-state index in [0.717, 1.165) is 18.3 Å². The number of rotatable bonds is 4. The molecular weight excluding hydrogens is 269 g/mol. The van der Waals surface area contributed by atoms with Gasteiger partial charge in [0, 0.05) is 5.46 Å². The average molecular weight is 291 g/mol. The summed E-state index contributed by atoms with van der Waals surface area (Å²) in [4.78, 5) is 4.36. The Morgan fingerprint density at radius 2 is 1.81 bits per heavy atom. The average Bonchev–Trinajstić information content (AvgIpc) is 3.18. The van der Waals surface area contributed by atoms with Crippen molar-refractivity contribution >= 4 is 12.6 Å². The van der Waals surface area contributed by atoms with Gasteiger partial charge in [-0.2, -0.15) is 0 Å². The molecule has 0 aromatic carbocycles. The molecule has 0 bridgehead atoms. The normalized spacial score (nSPS) is 23.2. The Morgan fingerprint density at radius 1 is 1.19 bits per heavy atom. The van der Waals surface area contributed by atoms with Crippen molar-refractivity contribution in [3.05, 3.63) is 12.3 Å². The summed E-state index contributed by atoms with van der Waals surface area (Å²) in [5.41, 5.74) is 0.00902. The van der Waals surface area contributed by atoms with Gasteiger partial charge in [0.2, 0.25) is 5.88 Å². The largest absolute Gasteiger partial charge is 0.500 e. The van der Waals surface area contributed by atoms with Crippen LogP contribution in [0.1, 0.15) is 40.5 Å². The van der Waals surface area contributed by atoms with Crippen LogP contribution in [0.4, 0.5) is 0 Å². The van der Waals surface area contributed by atoms with Crippen molar-refractivity contribution < 1.29 is 18.8 Å². The van der Waals surface area contributed by atoms with Crippen LogP contribution >= 0.6 is 0 Å². The van der Waals surface area contributed by atoms with Crippen molar-refractivity contribution in [1.29, 1.82) is 0 Å². The van der Waals surface area contributed by atoms with Gasteiger partial charge >= 0.3 is 7.12 Å². The Morgan fingerprint density at radius 3 is 2.33 bits per heavy atom. The van der Waals surface area contributed by atoms with Gasteiger partial charge in [-0.25, -0.2) is 4.98 Å². The maximum Gasteiger partial charge on any atom is 0.500 e. The van der Waals surface area contributed by atoms with E-state index in [0.29, 0.717) is 11.6 Å². The van der Waals surface area contributed by atoms with Gasteiger partial charge < -0.3 is 18.8 Å². The standard InChI is InChI=1S/C15H22BNO4/c1-14(2)15(3,4)21-16(20-14)12-8-11(18-5)9-17-13(12)19-10-6-7-10/h8-10H,6-7H2,1-5H3. The molecule has 0 unspecified atom stereocenters. The second-order valence-corrected chi connectivity index (χ2v) is 6.67. The summed E-state index contributed by atoms with van der Waals surface area (Å²) >= 11 is 0. The van der Waals surface area contributed by atoms with Gasteiger partial charge in [0.1, 0.15) is 11.9 Å². The zero-order chi connectivity index (χ0) is 15.3. The van der Waals surface area contributed by atoms with Crippen LogP contribution < -0.4 is 14.9 Å². The summed E-state index contributed by atoms with van der Waals surface area (Å²) < 4.78 is 23.3. The molecule has 1 saturated carbocycles. The Balaban J connectivity index is 1.92. The fraction of sp³-hybridized carbons (Fsp3) is 0.667. The van der Waals surface area contributed by atoms with E-state index >= 15 is 0 Å². The number of hydrogen-bond acceptors (Lipinski definition) is 5. The zero-order valence-electron chi connectivity index (χ0n) is 13.3. The van der Waals surface area contributed by atoms with E-state index in [9.17, 15) is 0 Å². The molecule has 0 spiro atoms. The first-order valence-electron chi connectivity index (χ1n) is 7.38. The van der Waals surface area contributed by atoms with Crippen LogP contribution in [0.25, 0.3) is 0 Å². The van der Waals surface area contributed by atoms with Gasteiger partial charge in [-0.15, -0.1) is 0 Å². The van der Waals surface area contributed by atoms with Gasteiger partial charge in [0.05, 0.1) is 24.5 Å². The topological polar surface area (TPSA) is 49.8 Å². The van der Waals surface area contributed by atoms with E-state index in [2.05, 4.69) is 4.98 Å². The third-order valence-corrected chi connectivity index (χ3v) is 4.40. The van der Waals surface area contributed by atoms with Crippen molar-refractivity contribution in [2.24, 2.45) is 0 Å². The van der Waals surface area contributed by atoms with Crippen LogP contribution in [0.5, 0.6) is 11.6 Å². The van der Waals surface area contributed by atoms with E-state index in [4.69, 9.17) is 18.8 Å². The molecule has 1 aliphatic heterocycles. The third-order valence-electron chi connectivity index (χ3n) is 4.40. The van der Waals surface area contributed by atoms with Crippen molar-refractivity contribution in [2.75, 3.05) is 7.11 Å². The maximum absolute atomic E-state index is 6.09. The smallest absolute Gasteiger partial charge is 0.495 e. The molecule has 2 fully saturated rings. The fourth-order valence-corrected chi connectivity index (χ4v) is 2.14. The van der Waals surface area contributed by atoms with Crippen molar-refractivity contribution in [1.82, 2.24) is 4.98 Å². The number of pyridine rings is 1. The quantitative estimate of drug-likeness (QED) is 0.793. The number of ether oxygens (including phenoxy) is 2. The van der Waals surface area contributed by atoms with Gasteiger partial charge in [-0.3, -0.25) is 0 Å². The minimum absolute atomic E-state index is 0.270. The minimum atomic E-state index is -0.494. The predicted octanol–water partition coefficient (Wildman–Crippen LogP) is 1.93. The van der Waals surface area contributed by atoms with Crippen LogP contribution in [0.2, 0.25) is 0 Å².